The predicted octanol–water partition coefficient (Wildman–Crippen LogP) is 2.47. The highest BCUT2D eigenvalue weighted by atomic mass is 19.1. The Kier molecular flexibility index (Phi) is 6.62. The molecule has 1 amide bonds. The summed E-state index contributed by atoms with van der Waals surface area (Å²) in [6.45, 7) is 6.84. The molecule has 1 unspecified atom stereocenters. The zero-order chi connectivity index (χ0) is 15.9. The molecule has 0 aliphatic heterocycles. The van der Waals surface area contributed by atoms with Gasteiger partial charge in [-0.1, -0.05) is 13.8 Å². The quantitative estimate of drug-likeness (QED) is 0.724. The van der Waals surface area contributed by atoms with Gasteiger partial charge in [0.1, 0.15) is 11.6 Å². The van der Waals surface area contributed by atoms with Gasteiger partial charge in [0.05, 0.1) is 12.1 Å². The molecule has 0 saturated heterocycles. The molecule has 0 fully saturated rings. The molecule has 0 aliphatic rings. The van der Waals surface area contributed by atoms with E-state index in [2.05, 4.69) is 5.32 Å². The van der Waals surface area contributed by atoms with Crippen molar-refractivity contribution in [3.63, 3.8) is 0 Å². The minimum Gasteiger partial charge on any atom is -0.494 e. The first-order chi connectivity index (χ1) is 9.87. The summed E-state index contributed by atoms with van der Waals surface area (Å²) in [5, 5.41) is 2.98. The summed E-state index contributed by atoms with van der Waals surface area (Å²) in [5.74, 6) is 0.545. The van der Waals surface area contributed by atoms with Crippen molar-refractivity contribution in [2.24, 2.45) is 11.7 Å². The Morgan fingerprint density at radius 1 is 1.38 bits per heavy atom. The maximum absolute atomic E-state index is 12.7. The SMILES string of the molecule is CC(C)C(C)(CN)NC(=O)CCCOc1ccc(F)cc1. The van der Waals surface area contributed by atoms with Crippen LogP contribution in [0.2, 0.25) is 0 Å². The van der Waals surface area contributed by atoms with Crippen LogP contribution in [0.25, 0.3) is 0 Å². The predicted molar refractivity (Wildman–Crippen MR) is 81.6 cm³/mol. The fraction of sp³-hybridized carbons (Fsp3) is 0.562. The van der Waals surface area contributed by atoms with Gasteiger partial charge in [0.2, 0.25) is 5.91 Å². The van der Waals surface area contributed by atoms with Gasteiger partial charge in [0.25, 0.3) is 0 Å². The highest BCUT2D eigenvalue weighted by Gasteiger charge is 2.28. The van der Waals surface area contributed by atoms with Crippen molar-refractivity contribution in [3.05, 3.63) is 30.1 Å². The molecular formula is C16H25FN2O2. The molecule has 4 nitrogen and oxygen atoms in total. The number of nitrogens with one attached hydrogen (secondary N) is 1. The Hall–Kier alpha value is -1.62. The number of benzene rings is 1. The third-order valence-corrected chi connectivity index (χ3v) is 3.75. The van der Waals surface area contributed by atoms with Gasteiger partial charge in [-0.3, -0.25) is 4.79 Å². The summed E-state index contributed by atoms with van der Waals surface area (Å²) in [6, 6.07) is 5.83. The van der Waals surface area contributed by atoms with Crippen LogP contribution < -0.4 is 15.8 Å². The second-order valence-electron chi connectivity index (χ2n) is 5.73. The molecule has 0 spiro atoms. The van der Waals surface area contributed by atoms with Crippen molar-refractivity contribution >= 4 is 5.91 Å². The summed E-state index contributed by atoms with van der Waals surface area (Å²) in [5.41, 5.74) is 5.35. The van der Waals surface area contributed by atoms with E-state index in [0.717, 1.165) is 0 Å². The van der Waals surface area contributed by atoms with E-state index in [9.17, 15) is 9.18 Å². The minimum atomic E-state index is -0.380. The Balaban J connectivity index is 2.29. The Labute approximate surface area is 125 Å². The lowest BCUT2D eigenvalue weighted by Crippen LogP contribution is -2.55. The van der Waals surface area contributed by atoms with E-state index in [-0.39, 0.29) is 23.2 Å². The van der Waals surface area contributed by atoms with Crippen molar-refractivity contribution in [2.45, 2.75) is 39.2 Å². The van der Waals surface area contributed by atoms with Crippen LogP contribution >= 0.6 is 0 Å². The highest BCUT2D eigenvalue weighted by molar-refractivity contribution is 5.76. The number of carbonyl (C=O) groups excluding carboxylic acids is 1. The third-order valence-electron chi connectivity index (χ3n) is 3.75. The van der Waals surface area contributed by atoms with Gasteiger partial charge >= 0.3 is 0 Å². The molecule has 21 heavy (non-hydrogen) atoms. The Morgan fingerprint density at radius 3 is 2.52 bits per heavy atom. The maximum atomic E-state index is 12.7. The lowest BCUT2D eigenvalue weighted by molar-refractivity contribution is -0.123. The van der Waals surface area contributed by atoms with Gasteiger partial charge in [-0.25, -0.2) is 4.39 Å². The number of hydrogen-bond donors (Lipinski definition) is 2. The molecule has 0 bridgehead atoms. The number of rotatable bonds is 8. The van der Waals surface area contributed by atoms with Gasteiger partial charge in [-0.15, -0.1) is 0 Å². The van der Waals surface area contributed by atoms with E-state index in [0.29, 0.717) is 31.7 Å². The number of ether oxygens (including phenoxy) is 1. The average Bonchev–Trinajstić information content (AvgIpc) is 2.45. The smallest absolute Gasteiger partial charge is 0.220 e. The van der Waals surface area contributed by atoms with Crippen LogP contribution in [0.1, 0.15) is 33.6 Å². The molecule has 1 rings (SSSR count). The van der Waals surface area contributed by atoms with Crippen molar-refractivity contribution in [3.8, 4) is 5.75 Å². The van der Waals surface area contributed by atoms with Gasteiger partial charge in [0.15, 0.2) is 0 Å². The number of halogens is 1. The van der Waals surface area contributed by atoms with Crippen molar-refractivity contribution < 1.29 is 13.9 Å². The highest BCUT2D eigenvalue weighted by Crippen LogP contribution is 2.15. The number of hydrogen-bond acceptors (Lipinski definition) is 3. The van der Waals surface area contributed by atoms with E-state index < -0.39 is 0 Å². The largest absolute Gasteiger partial charge is 0.494 e. The van der Waals surface area contributed by atoms with E-state index >= 15 is 0 Å². The first-order valence-electron chi connectivity index (χ1n) is 7.27. The maximum Gasteiger partial charge on any atom is 0.220 e. The zero-order valence-corrected chi connectivity index (χ0v) is 13.0. The fourth-order valence-electron chi connectivity index (χ4n) is 1.77. The van der Waals surface area contributed by atoms with Crippen LogP contribution in [0, 0.1) is 11.7 Å². The van der Waals surface area contributed by atoms with Gasteiger partial charge in [0, 0.05) is 13.0 Å². The van der Waals surface area contributed by atoms with Crippen LogP contribution in [0.5, 0.6) is 5.75 Å². The van der Waals surface area contributed by atoms with Crippen LogP contribution in [-0.4, -0.2) is 24.6 Å². The molecule has 0 radical (unpaired) electrons. The first kappa shape index (κ1) is 17.4. The Morgan fingerprint density at radius 2 is 2.00 bits per heavy atom. The van der Waals surface area contributed by atoms with Crippen molar-refractivity contribution in [2.75, 3.05) is 13.2 Å². The zero-order valence-electron chi connectivity index (χ0n) is 13.0. The van der Waals surface area contributed by atoms with E-state index in [1.165, 1.54) is 12.1 Å². The van der Waals surface area contributed by atoms with Crippen LogP contribution in [0.4, 0.5) is 4.39 Å². The van der Waals surface area contributed by atoms with Crippen molar-refractivity contribution in [1.82, 2.24) is 5.32 Å². The van der Waals surface area contributed by atoms with E-state index in [1.807, 2.05) is 20.8 Å². The van der Waals surface area contributed by atoms with Crippen LogP contribution in [0.3, 0.4) is 0 Å². The molecule has 1 aromatic rings. The molecule has 0 saturated carbocycles. The molecule has 0 aliphatic carbocycles. The average molecular weight is 296 g/mol. The molecule has 0 aromatic heterocycles. The van der Waals surface area contributed by atoms with Crippen molar-refractivity contribution in [1.29, 1.82) is 0 Å². The fourth-order valence-corrected chi connectivity index (χ4v) is 1.77. The second-order valence-corrected chi connectivity index (χ2v) is 5.73. The molecule has 118 valence electrons. The first-order valence-corrected chi connectivity index (χ1v) is 7.27. The van der Waals surface area contributed by atoms with Crippen LogP contribution in [0.15, 0.2) is 24.3 Å². The monoisotopic (exact) mass is 296 g/mol. The summed E-state index contributed by atoms with van der Waals surface area (Å²) >= 11 is 0. The molecule has 5 heteroatoms. The lowest BCUT2D eigenvalue weighted by atomic mass is 9.88. The van der Waals surface area contributed by atoms with E-state index in [4.69, 9.17) is 10.5 Å². The third kappa shape index (κ3) is 5.71. The summed E-state index contributed by atoms with van der Waals surface area (Å²) in [4.78, 5) is 11.9. The molecule has 1 aromatic carbocycles. The molecule has 3 N–H and O–H groups in total. The summed E-state index contributed by atoms with van der Waals surface area (Å²) in [6.07, 6.45) is 0.978. The Bertz CT molecular complexity index is 448. The standard InChI is InChI=1S/C16H25FN2O2/c1-12(2)16(3,11-18)19-15(20)5-4-10-21-14-8-6-13(17)7-9-14/h6-9,12H,4-5,10-11,18H2,1-3H3,(H,19,20). The second kappa shape index (κ2) is 7.98. The normalized spacial score (nSPS) is 13.8. The summed E-state index contributed by atoms with van der Waals surface area (Å²) < 4.78 is 18.2. The summed E-state index contributed by atoms with van der Waals surface area (Å²) in [7, 11) is 0. The topological polar surface area (TPSA) is 64.3 Å². The molecular weight excluding hydrogens is 271 g/mol. The minimum absolute atomic E-state index is 0.0284. The van der Waals surface area contributed by atoms with E-state index in [1.54, 1.807) is 12.1 Å². The van der Waals surface area contributed by atoms with Gasteiger partial charge in [-0.05, 0) is 43.5 Å². The number of carbonyl (C=O) groups is 1. The van der Waals surface area contributed by atoms with Gasteiger partial charge in [-0.2, -0.15) is 0 Å². The molecule has 0 heterocycles. The van der Waals surface area contributed by atoms with Gasteiger partial charge < -0.3 is 15.8 Å². The lowest BCUT2D eigenvalue weighted by Gasteiger charge is -2.33. The number of amides is 1. The van der Waals surface area contributed by atoms with Crippen LogP contribution in [-0.2, 0) is 4.79 Å². The number of nitrogens with two attached hydrogens (primary N) is 1. The molecule has 1 atom stereocenters.